The molecule has 3 heterocycles. The summed E-state index contributed by atoms with van der Waals surface area (Å²) in [6.07, 6.45) is 1.22. The molecule has 1 aromatic carbocycles. The van der Waals surface area contributed by atoms with Gasteiger partial charge in [-0.25, -0.2) is 18.1 Å². The largest absolute Gasteiger partial charge is 0.466 e. The molecule has 0 unspecified atom stereocenters. The fourth-order valence-corrected chi connectivity index (χ4v) is 4.85. The number of fused-ring (bicyclic) bond motifs is 1. The topological polar surface area (TPSA) is 90.6 Å². The number of carbonyl (C=O) groups excluding carboxylic acids is 2. The third-order valence-electron chi connectivity index (χ3n) is 5.55. The van der Waals surface area contributed by atoms with Crippen molar-refractivity contribution in [2.24, 2.45) is 5.92 Å². The summed E-state index contributed by atoms with van der Waals surface area (Å²) in [7, 11) is 0. The van der Waals surface area contributed by atoms with Crippen molar-refractivity contribution in [3.8, 4) is 5.69 Å². The molecule has 11 heteroatoms. The molecular weight excluding hydrogens is 456 g/mol. The van der Waals surface area contributed by atoms with Gasteiger partial charge in [-0.3, -0.25) is 19.0 Å². The second-order valence-electron chi connectivity index (χ2n) is 7.70. The zero-order chi connectivity index (χ0) is 23.7. The first kappa shape index (κ1) is 22.8. The Kier molecular flexibility index (Phi) is 6.41. The number of nitrogens with zero attached hydrogens (tertiary/aromatic N) is 3. The van der Waals surface area contributed by atoms with Crippen molar-refractivity contribution in [2.75, 3.05) is 19.7 Å². The molecule has 0 radical (unpaired) electrons. The van der Waals surface area contributed by atoms with Gasteiger partial charge in [-0.1, -0.05) is 0 Å². The zero-order valence-electron chi connectivity index (χ0n) is 17.8. The van der Waals surface area contributed by atoms with Gasteiger partial charge >= 0.3 is 11.7 Å². The monoisotopic (exact) mass is 477 g/mol. The molecule has 8 nitrogen and oxygen atoms in total. The van der Waals surface area contributed by atoms with E-state index in [2.05, 4.69) is 0 Å². The first-order chi connectivity index (χ1) is 15.8. The van der Waals surface area contributed by atoms with Crippen molar-refractivity contribution in [2.45, 2.75) is 26.3 Å². The predicted octanol–water partition coefficient (Wildman–Crippen LogP) is 2.29. The van der Waals surface area contributed by atoms with Crippen LogP contribution in [0.2, 0.25) is 0 Å². The van der Waals surface area contributed by atoms with Gasteiger partial charge < -0.3 is 9.64 Å². The Morgan fingerprint density at radius 2 is 1.91 bits per heavy atom. The molecule has 0 spiro atoms. The Morgan fingerprint density at radius 1 is 1.18 bits per heavy atom. The van der Waals surface area contributed by atoms with Gasteiger partial charge in [-0.2, -0.15) is 0 Å². The molecule has 4 rings (SSSR count). The first-order valence-corrected chi connectivity index (χ1v) is 11.3. The number of piperidine rings is 1. The van der Waals surface area contributed by atoms with Gasteiger partial charge in [0, 0.05) is 19.2 Å². The normalized spacial score (nSPS) is 16.2. The van der Waals surface area contributed by atoms with E-state index < -0.39 is 34.7 Å². The molecule has 1 fully saturated rings. The summed E-state index contributed by atoms with van der Waals surface area (Å²) in [4.78, 5) is 52.8. The van der Waals surface area contributed by atoms with Crippen LogP contribution in [0, 0.1) is 17.6 Å². The summed E-state index contributed by atoms with van der Waals surface area (Å²) in [5.74, 6) is -3.10. The van der Waals surface area contributed by atoms with Crippen LogP contribution < -0.4 is 11.2 Å². The molecule has 1 aliphatic heterocycles. The van der Waals surface area contributed by atoms with E-state index in [4.69, 9.17) is 4.74 Å². The zero-order valence-corrected chi connectivity index (χ0v) is 18.6. The fraction of sp³-hybridized carbons (Fsp3) is 0.364. The van der Waals surface area contributed by atoms with E-state index >= 15 is 0 Å². The van der Waals surface area contributed by atoms with Crippen LogP contribution in [-0.2, 0) is 20.9 Å². The van der Waals surface area contributed by atoms with Gasteiger partial charge in [0.05, 0.1) is 23.7 Å². The molecule has 1 aliphatic rings. The second-order valence-corrected chi connectivity index (χ2v) is 8.62. The Labute approximate surface area is 190 Å². The average Bonchev–Trinajstić information content (AvgIpc) is 3.26. The maximum atomic E-state index is 13.8. The third kappa shape index (κ3) is 4.45. The Morgan fingerprint density at radius 3 is 2.61 bits per heavy atom. The number of carbonyl (C=O) groups is 2. The van der Waals surface area contributed by atoms with E-state index in [-0.39, 0.29) is 41.6 Å². The summed E-state index contributed by atoms with van der Waals surface area (Å²) in [5.41, 5.74) is -1.61. The SMILES string of the molecule is CCOC(=O)[C@@H]1CCCN(C(=O)Cn2c(=O)n(-c3cc(F)cc(F)c3)c(=O)c3sccc32)C1. The second kappa shape index (κ2) is 9.26. The van der Waals surface area contributed by atoms with Crippen molar-refractivity contribution < 1.29 is 23.1 Å². The molecule has 1 saturated heterocycles. The van der Waals surface area contributed by atoms with Crippen LogP contribution in [-0.4, -0.2) is 45.6 Å². The number of aromatic nitrogens is 2. The quantitative estimate of drug-likeness (QED) is 0.526. The number of likely N-dealkylation sites (tertiary alicyclic amines) is 1. The number of hydrogen-bond donors (Lipinski definition) is 0. The number of rotatable bonds is 5. The van der Waals surface area contributed by atoms with Gasteiger partial charge in [-0.05, 0) is 43.3 Å². The van der Waals surface area contributed by atoms with E-state index in [0.29, 0.717) is 30.0 Å². The lowest BCUT2D eigenvalue weighted by Gasteiger charge is -2.31. The highest BCUT2D eigenvalue weighted by Gasteiger charge is 2.30. The van der Waals surface area contributed by atoms with Crippen molar-refractivity contribution >= 4 is 33.4 Å². The van der Waals surface area contributed by atoms with Crippen LogP contribution in [0.1, 0.15) is 19.8 Å². The lowest BCUT2D eigenvalue weighted by Crippen LogP contribution is -2.46. The highest BCUT2D eigenvalue weighted by Crippen LogP contribution is 2.20. The smallest absolute Gasteiger partial charge is 0.336 e. The van der Waals surface area contributed by atoms with Crippen LogP contribution in [0.4, 0.5) is 8.78 Å². The van der Waals surface area contributed by atoms with Gasteiger partial charge in [0.2, 0.25) is 5.91 Å². The van der Waals surface area contributed by atoms with Crippen molar-refractivity contribution in [3.63, 3.8) is 0 Å². The minimum atomic E-state index is -0.941. The molecule has 2 aromatic heterocycles. The van der Waals surface area contributed by atoms with Crippen molar-refractivity contribution in [1.82, 2.24) is 14.0 Å². The van der Waals surface area contributed by atoms with Crippen LogP contribution in [0.3, 0.4) is 0 Å². The van der Waals surface area contributed by atoms with Crippen LogP contribution >= 0.6 is 11.3 Å². The molecule has 0 bridgehead atoms. The molecule has 0 aliphatic carbocycles. The number of ether oxygens (including phenoxy) is 1. The number of benzene rings is 1. The van der Waals surface area contributed by atoms with Gasteiger partial charge in [0.15, 0.2) is 0 Å². The lowest BCUT2D eigenvalue weighted by molar-refractivity contribution is -0.151. The van der Waals surface area contributed by atoms with E-state index in [1.807, 2.05) is 0 Å². The summed E-state index contributed by atoms with van der Waals surface area (Å²) >= 11 is 1.06. The lowest BCUT2D eigenvalue weighted by atomic mass is 9.98. The average molecular weight is 477 g/mol. The maximum Gasteiger partial charge on any atom is 0.336 e. The van der Waals surface area contributed by atoms with E-state index in [9.17, 15) is 28.0 Å². The van der Waals surface area contributed by atoms with Crippen LogP contribution in [0.5, 0.6) is 0 Å². The van der Waals surface area contributed by atoms with E-state index in [0.717, 1.165) is 28.0 Å². The van der Waals surface area contributed by atoms with Crippen LogP contribution in [0.15, 0.2) is 39.2 Å². The number of halogens is 2. The fourth-order valence-electron chi connectivity index (χ4n) is 4.03. The molecule has 3 aromatic rings. The van der Waals surface area contributed by atoms with Crippen molar-refractivity contribution in [1.29, 1.82) is 0 Å². The summed E-state index contributed by atoms with van der Waals surface area (Å²) < 4.78 is 34.6. The molecule has 1 atom stereocenters. The Bertz CT molecular complexity index is 1330. The molecular formula is C22H21F2N3O5S. The summed E-state index contributed by atoms with van der Waals surface area (Å²) in [6, 6.07) is 3.94. The number of hydrogen-bond acceptors (Lipinski definition) is 6. The molecule has 33 heavy (non-hydrogen) atoms. The Hall–Kier alpha value is -3.34. The van der Waals surface area contributed by atoms with E-state index in [1.54, 1.807) is 18.4 Å². The minimum absolute atomic E-state index is 0.175. The maximum absolute atomic E-state index is 13.8. The van der Waals surface area contributed by atoms with Gasteiger partial charge in [0.25, 0.3) is 5.56 Å². The molecule has 0 saturated carbocycles. The van der Waals surface area contributed by atoms with Crippen LogP contribution in [0.25, 0.3) is 15.9 Å². The number of amides is 1. The van der Waals surface area contributed by atoms with Crippen molar-refractivity contribution in [3.05, 3.63) is 62.1 Å². The molecule has 174 valence electrons. The standard InChI is InChI=1S/C22H21F2N3O5S/c1-2-32-21(30)13-4-3-6-25(11-13)18(28)12-26-17-5-7-33-19(17)20(29)27(22(26)31)16-9-14(23)8-15(24)10-16/h5,7-10,13H,2-4,6,11-12H2,1H3/t13-/m1/s1. The third-order valence-corrected chi connectivity index (χ3v) is 6.44. The Balaban J connectivity index is 1.72. The minimum Gasteiger partial charge on any atom is -0.466 e. The van der Waals surface area contributed by atoms with Gasteiger partial charge in [0.1, 0.15) is 22.9 Å². The predicted molar refractivity (Wildman–Crippen MR) is 118 cm³/mol. The van der Waals surface area contributed by atoms with E-state index in [1.165, 1.54) is 4.90 Å². The number of thiophene rings is 1. The highest BCUT2D eigenvalue weighted by molar-refractivity contribution is 7.17. The van der Waals surface area contributed by atoms with Gasteiger partial charge in [-0.15, -0.1) is 11.3 Å². The number of esters is 1. The summed E-state index contributed by atoms with van der Waals surface area (Å²) in [5, 5.41) is 1.60. The summed E-state index contributed by atoms with van der Waals surface area (Å²) in [6.45, 7) is 2.16. The highest BCUT2D eigenvalue weighted by atomic mass is 32.1. The first-order valence-electron chi connectivity index (χ1n) is 10.4. The molecule has 1 amide bonds. The molecule has 0 N–H and O–H groups in total.